The molecule has 2 fully saturated rings. The molecule has 118 valence electrons. The second kappa shape index (κ2) is 5.71. The summed E-state index contributed by atoms with van der Waals surface area (Å²) in [4.78, 5) is 4.78. The summed E-state index contributed by atoms with van der Waals surface area (Å²) in [6.07, 6.45) is 11.6. The van der Waals surface area contributed by atoms with Crippen LogP contribution in [-0.4, -0.2) is 10.1 Å². The smallest absolute Gasteiger partial charge is 0.232 e. The van der Waals surface area contributed by atoms with Crippen molar-refractivity contribution in [1.82, 2.24) is 10.1 Å². The van der Waals surface area contributed by atoms with Crippen molar-refractivity contribution < 1.29 is 4.52 Å². The molecule has 0 aromatic carbocycles. The van der Waals surface area contributed by atoms with Gasteiger partial charge in [0.15, 0.2) is 5.82 Å². The SMILES string of the molecule is CCC1CCC(N)(c2noc(C3(CC)CCCC3)n2)CC1. The number of nitrogens with zero attached hydrogens (tertiary/aromatic N) is 2. The molecule has 0 atom stereocenters. The lowest BCUT2D eigenvalue weighted by Gasteiger charge is -2.34. The molecule has 4 heteroatoms. The van der Waals surface area contributed by atoms with Gasteiger partial charge in [-0.3, -0.25) is 0 Å². The summed E-state index contributed by atoms with van der Waals surface area (Å²) in [7, 11) is 0. The Hall–Kier alpha value is -0.900. The minimum Gasteiger partial charge on any atom is -0.339 e. The van der Waals surface area contributed by atoms with Crippen molar-refractivity contribution >= 4 is 0 Å². The minimum absolute atomic E-state index is 0.127. The van der Waals surface area contributed by atoms with E-state index in [1.807, 2.05) is 0 Å². The predicted molar refractivity (Wildman–Crippen MR) is 82.8 cm³/mol. The molecule has 4 nitrogen and oxygen atoms in total. The van der Waals surface area contributed by atoms with Crippen LogP contribution in [0.1, 0.15) is 89.8 Å². The Labute approximate surface area is 127 Å². The van der Waals surface area contributed by atoms with Gasteiger partial charge in [0.1, 0.15) is 0 Å². The minimum atomic E-state index is -0.360. The Morgan fingerprint density at radius 1 is 1.14 bits per heavy atom. The lowest BCUT2D eigenvalue weighted by atomic mass is 9.75. The number of nitrogens with two attached hydrogens (primary N) is 1. The maximum atomic E-state index is 6.61. The topological polar surface area (TPSA) is 64.9 Å². The maximum absolute atomic E-state index is 6.61. The molecule has 0 amide bonds. The number of hydrogen-bond donors (Lipinski definition) is 1. The lowest BCUT2D eigenvalue weighted by molar-refractivity contribution is 0.214. The number of rotatable bonds is 4. The van der Waals surface area contributed by atoms with Crippen LogP contribution in [0.25, 0.3) is 0 Å². The average Bonchev–Trinajstić information content (AvgIpc) is 3.18. The third-order valence-corrected chi connectivity index (χ3v) is 6.14. The predicted octanol–water partition coefficient (Wildman–Crippen LogP) is 4.05. The van der Waals surface area contributed by atoms with Gasteiger partial charge in [0.2, 0.25) is 5.89 Å². The van der Waals surface area contributed by atoms with E-state index < -0.39 is 0 Å². The fourth-order valence-corrected chi connectivity index (χ4v) is 4.24. The second-order valence-electron chi connectivity index (χ2n) is 7.27. The van der Waals surface area contributed by atoms with Crippen LogP contribution in [0.3, 0.4) is 0 Å². The molecule has 1 heterocycles. The summed E-state index contributed by atoms with van der Waals surface area (Å²) in [6.45, 7) is 4.51. The van der Waals surface area contributed by atoms with Gasteiger partial charge in [-0.25, -0.2) is 0 Å². The van der Waals surface area contributed by atoms with E-state index in [0.717, 1.165) is 36.9 Å². The fraction of sp³-hybridized carbons (Fsp3) is 0.882. The largest absolute Gasteiger partial charge is 0.339 e. The van der Waals surface area contributed by atoms with Crippen molar-refractivity contribution in [2.75, 3.05) is 0 Å². The lowest BCUT2D eigenvalue weighted by Crippen LogP contribution is -2.41. The first kappa shape index (κ1) is 15.0. The van der Waals surface area contributed by atoms with Crippen LogP contribution in [0.4, 0.5) is 0 Å². The molecule has 2 N–H and O–H groups in total. The standard InChI is InChI=1S/C17H29N3O/c1-3-13-7-11-17(18,12-8-13)14-19-15(21-20-14)16(4-2)9-5-6-10-16/h13H,3-12,18H2,1-2H3. The van der Waals surface area contributed by atoms with Crippen LogP contribution in [-0.2, 0) is 11.0 Å². The Kier molecular flexibility index (Phi) is 4.08. The maximum Gasteiger partial charge on any atom is 0.232 e. The molecule has 1 aromatic rings. The van der Waals surface area contributed by atoms with E-state index in [1.54, 1.807) is 0 Å². The van der Waals surface area contributed by atoms with E-state index in [0.29, 0.717) is 0 Å². The zero-order chi connectivity index (χ0) is 14.9. The summed E-state index contributed by atoms with van der Waals surface area (Å²) >= 11 is 0. The van der Waals surface area contributed by atoms with E-state index in [2.05, 4.69) is 19.0 Å². The van der Waals surface area contributed by atoms with Crippen molar-refractivity contribution in [2.45, 2.75) is 89.0 Å². The highest BCUT2D eigenvalue weighted by Crippen LogP contribution is 2.44. The zero-order valence-corrected chi connectivity index (χ0v) is 13.5. The molecule has 1 aromatic heterocycles. The van der Waals surface area contributed by atoms with Crippen molar-refractivity contribution in [2.24, 2.45) is 11.7 Å². The molecular weight excluding hydrogens is 262 g/mol. The summed E-state index contributed by atoms with van der Waals surface area (Å²) in [5, 5.41) is 4.29. The molecule has 21 heavy (non-hydrogen) atoms. The second-order valence-corrected chi connectivity index (χ2v) is 7.27. The summed E-state index contributed by atoms with van der Waals surface area (Å²) in [5.74, 6) is 2.43. The van der Waals surface area contributed by atoms with Gasteiger partial charge in [-0.05, 0) is 50.9 Å². The van der Waals surface area contributed by atoms with E-state index in [4.69, 9.17) is 15.2 Å². The van der Waals surface area contributed by atoms with Crippen molar-refractivity contribution in [1.29, 1.82) is 0 Å². The number of aromatic nitrogens is 2. The Bertz CT molecular complexity index is 468. The average molecular weight is 291 g/mol. The molecule has 2 saturated carbocycles. The van der Waals surface area contributed by atoms with E-state index in [-0.39, 0.29) is 11.0 Å². The molecule has 0 radical (unpaired) electrons. The molecule has 0 bridgehead atoms. The first-order valence-electron chi connectivity index (χ1n) is 8.75. The zero-order valence-electron chi connectivity index (χ0n) is 13.5. The van der Waals surface area contributed by atoms with Gasteiger partial charge in [-0.1, -0.05) is 38.3 Å². The number of hydrogen-bond acceptors (Lipinski definition) is 4. The van der Waals surface area contributed by atoms with Crippen molar-refractivity contribution in [3.63, 3.8) is 0 Å². The van der Waals surface area contributed by atoms with Crippen LogP contribution < -0.4 is 5.73 Å². The summed E-state index contributed by atoms with van der Waals surface area (Å²) in [6, 6.07) is 0. The molecule has 2 aliphatic carbocycles. The van der Waals surface area contributed by atoms with Crippen molar-refractivity contribution in [3.8, 4) is 0 Å². The Balaban J connectivity index is 1.78. The van der Waals surface area contributed by atoms with Gasteiger partial charge in [-0.2, -0.15) is 4.98 Å². The van der Waals surface area contributed by atoms with Gasteiger partial charge in [0.25, 0.3) is 0 Å². The van der Waals surface area contributed by atoms with Crippen LogP contribution in [0.2, 0.25) is 0 Å². The van der Waals surface area contributed by atoms with Crippen LogP contribution >= 0.6 is 0 Å². The molecular formula is C17H29N3O. The summed E-state index contributed by atoms with van der Waals surface area (Å²) < 4.78 is 5.67. The Morgan fingerprint density at radius 3 is 2.38 bits per heavy atom. The first-order valence-corrected chi connectivity index (χ1v) is 8.75. The van der Waals surface area contributed by atoms with Gasteiger partial charge in [-0.15, -0.1) is 0 Å². The van der Waals surface area contributed by atoms with Crippen LogP contribution in [0, 0.1) is 5.92 Å². The normalized spacial score (nSPS) is 32.4. The van der Waals surface area contributed by atoms with Gasteiger partial charge in [0.05, 0.1) is 5.54 Å². The van der Waals surface area contributed by atoms with Gasteiger partial charge < -0.3 is 10.3 Å². The van der Waals surface area contributed by atoms with E-state index in [1.165, 1.54) is 44.9 Å². The van der Waals surface area contributed by atoms with Gasteiger partial charge in [0, 0.05) is 5.41 Å². The van der Waals surface area contributed by atoms with Gasteiger partial charge >= 0.3 is 0 Å². The van der Waals surface area contributed by atoms with E-state index in [9.17, 15) is 0 Å². The highest BCUT2D eigenvalue weighted by molar-refractivity contribution is 5.12. The Morgan fingerprint density at radius 2 is 1.81 bits per heavy atom. The molecule has 0 aliphatic heterocycles. The highest BCUT2D eigenvalue weighted by Gasteiger charge is 2.42. The highest BCUT2D eigenvalue weighted by atomic mass is 16.5. The van der Waals surface area contributed by atoms with E-state index >= 15 is 0 Å². The van der Waals surface area contributed by atoms with Crippen LogP contribution in [0.5, 0.6) is 0 Å². The third-order valence-electron chi connectivity index (χ3n) is 6.14. The van der Waals surface area contributed by atoms with Crippen molar-refractivity contribution in [3.05, 3.63) is 11.7 Å². The molecule has 0 spiro atoms. The fourth-order valence-electron chi connectivity index (χ4n) is 4.24. The molecule has 0 saturated heterocycles. The van der Waals surface area contributed by atoms with Crippen LogP contribution in [0.15, 0.2) is 4.52 Å². The third kappa shape index (κ3) is 2.63. The first-order chi connectivity index (χ1) is 10.1. The summed E-state index contributed by atoms with van der Waals surface area (Å²) in [5.41, 5.74) is 6.38. The molecule has 3 rings (SSSR count). The quantitative estimate of drug-likeness (QED) is 0.909. The monoisotopic (exact) mass is 291 g/mol. The molecule has 2 aliphatic rings. The molecule has 0 unspecified atom stereocenters.